The minimum Gasteiger partial charge on any atom is -0.371 e. The lowest BCUT2D eigenvalue weighted by atomic mass is 9.71. The van der Waals surface area contributed by atoms with Crippen molar-refractivity contribution in [2.45, 2.75) is 58.1 Å². The molecule has 1 heterocycles. The molecular weight excluding hydrogens is 244 g/mol. The third-order valence-electron chi connectivity index (χ3n) is 4.18. The van der Waals surface area contributed by atoms with Gasteiger partial charge in [-0.2, -0.15) is 0 Å². The third-order valence-corrected chi connectivity index (χ3v) is 5.23. The number of ether oxygens (including phenoxy) is 1. The van der Waals surface area contributed by atoms with Crippen LogP contribution in [-0.2, 0) is 10.3 Å². The van der Waals surface area contributed by atoms with E-state index in [1.54, 1.807) is 11.3 Å². The molecule has 2 N–H and O–H groups in total. The Morgan fingerprint density at radius 1 is 1.33 bits per heavy atom. The maximum atomic E-state index is 5.89. The van der Waals surface area contributed by atoms with Crippen LogP contribution in [0.1, 0.15) is 63.2 Å². The molecule has 1 aliphatic rings. The minimum atomic E-state index is -0.173. The summed E-state index contributed by atoms with van der Waals surface area (Å²) in [6.45, 7) is 6.64. The Hall–Kier alpha value is -0.450. The highest BCUT2D eigenvalue weighted by atomic mass is 32.1. The summed E-state index contributed by atoms with van der Waals surface area (Å²) in [7, 11) is 1.81. The van der Waals surface area contributed by atoms with Gasteiger partial charge >= 0.3 is 0 Å². The van der Waals surface area contributed by atoms with Crippen LogP contribution in [0.5, 0.6) is 0 Å². The normalized spacial score (nSPS) is 23.8. The Morgan fingerprint density at radius 3 is 2.39 bits per heavy atom. The molecule has 1 saturated carbocycles. The van der Waals surface area contributed by atoms with Crippen molar-refractivity contribution in [2.24, 2.45) is 11.1 Å². The second kappa shape index (κ2) is 4.91. The number of hydrogen-bond acceptors (Lipinski definition) is 4. The molecular formula is C14H24N2OS. The molecule has 0 bridgehead atoms. The van der Waals surface area contributed by atoms with Crippen molar-refractivity contribution in [2.75, 3.05) is 7.11 Å². The number of nitrogens with two attached hydrogens (primary N) is 1. The molecule has 4 heteroatoms. The molecule has 0 amide bonds. The van der Waals surface area contributed by atoms with Gasteiger partial charge in [0.1, 0.15) is 10.6 Å². The first-order valence-electron chi connectivity index (χ1n) is 6.65. The van der Waals surface area contributed by atoms with Crippen LogP contribution in [0.25, 0.3) is 0 Å². The van der Waals surface area contributed by atoms with E-state index in [0.717, 1.165) is 23.5 Å². The lowest BCUT2D eigenvalue weighted by Crippen LogP contribution is -2.36. The predicted molar refractivity (Wildman–Crippen MR) is 75.7 cm³/mol. The van der Waals surface area contributed by atoms with Gasteiger partial charge in [0.2, 0.25) is 0 Å². The van der Waals surface area contributed by atoms with Gasteiger partial charge in [0.05, 0.1) is 5.69 Å². The van der Waals surface area contributed by atoms with Crippen molar-refractivity contribution in [3.8, 4) is 0 Å². The van der Waals surface area contributed by atoms with E-state index >= 15 is 0 Å². The minimum absolute atomic E-state index is 0.00365. The van der Waals surface area contributed by atoms with Crippen molar-refractivity contribution < 1.29 is 4.74 Å². The van der Waals surface area contributed by atoms with Crippen LogP contribution < -0.4 is 5.73 Å². The number of nitrogens with zero attached hydrogens (tertiary/aromatic N) is 1. The lowest BCUT2D eigenvalue weighted by molar-refractivity contribution is -0.0668. The highest BCUT2D eigenvalue weighted by molar-refractivity contribution is 7.09. The van der Waals surface area contributed by atoms with Crippen LogP contribution in [0, 0.1) is 5.41 Å². The average molecular weight is 268 g/mol. The Bertz CT molecular complexity index is 402. The molecule has 1 fully saturated rings. The smallest absolute Gasteiger partial charge is 0.125 e. The summed E-state index contributed by atoms with van der Waals surface area (Å²) in [5, 5.41) is 3.17. The highest BCUT2D eigenvalue weighted by Crippen LogP contribution is 2.47. The van der Waals surface area contributed by atoms with Crippen LogP contribution in [0.4, 0.5) is 0 Å². The zero-order valence-corrected chi connectivity index (χ0v) is 12.6. The molecule has 1 aromatic heterocycles. The van der Waals surface area contributed by atoms with Crippen molar-refractivity contribution >= 4 is 11.3 Å². The van der Waals surface area contributed by atoms with E-state index in [9.17, 15) is 0 Å². The number of methoxy groups -OCH3 is 1. The standard InChI is InChI=1S/C14H24N2OS/c1-10(15)11-9-18-12(16-11)14(17-4)7-5-13(2,3)6-8-14/h9-10H,5-8,15H2,1-4H3. The summed E-state index contributed by atoms with van der Waals surface area (Å²) in [5.41, 5.74) is 7.13. The molecule has 0 radical (unpaired) electrons. The fourth-order valence-corrected chi connectivity index (χ4v) is 3.70. The monoisotopic (exact) mass is 268 g/mol. The van der Waals surface area contributed by atoms with E-state index in [-0.39, 0.29) is 11.6 Å². The summed E-state index contributed by atoms with van der Waals surface area (Å²) in [4.78, 5) is 4.69. The van der Waals surface area contributed by atoms with Gasteiger partial charge in [-0.1, -0.05) is 13.8 Å². The van der Waals surface area contributed by atoms with E-state index < -0.39 is 0 Å². The first kappa shape index (κ1) is 14.0. The van der Waals surface area contributed by atoms with Gasteiger partial charge in [0.15, 0.2) is 0 Å². The molecule has 18 heavy (non-hydrogen) atoms. The summed E-state index contributed by atoms with van der Waals surface area (Å²) in [6, 6.07) is 0.00365. The van der Waals surface area contributed by atoms with Crippen LogP contribution in [0.15, 0.2) is 5.38 Å². The Labute approximate surface area is 114 Å². The first-order valence-corrected chi connectivity index (χ1v) is 7.53. The molecule has 0 aliphatic heterocycles. The zero-order chi connectivity index (χ0) is 13.4. The van der Waals surface area contributed by atoms with Gasteiger partial charge in [0.25, 0.3) is 0 Å². The van der Waals surface area contributed by atoms with Crippen molar-refractivity contribution in [1.82, 2.24) is 4.98 Å². The van der Waals surface area contributed by atoms with E-state index in [1.165, 1.54) is 12.8 Å². The van der Waals surface area contributed by atoms with Crippen molar-refractivity contribution in [1.29, 1.82) is 0 Å². The largest absolute Gasteiger partial charge is 0.371 e. The molecule has 3 nitrogen and oxygen atoms in total. The topological polar surface area (TPSA) is 48.1 Å². The summed E-state index contributed by atoms with van der Waals surface area (Å²) < 4.78 is 5.86. The zero-order valence-electron chi connectivity index (χ0n) is 11.8. The van der Waals surface area contributed by atoms with E-state index in [2.05, 4.69) is 19.2 Å². The molecule has 0 spiro atoms. The van der Waals surface area contributed by atoms with Gasteiger partial charge in [0, 0.05) is 18.5 Å². The number of thiazole rings is 1. The van der Waals surface area contributed by atoms with Crippen LogP contribution in [-0.4, -0.2) is 12.1 Å². The molecule has 1 atom stereocenters. The maximum Gasteiger partial charge on any atom is 0.125 e. The van der Waals surface area contributed by atoms with Crippen LogP contribution in [0.2, 0.25) is 0 Å². The molecule has 0 aromatic carbocycles. The second-order valence-electron chi connectivity index (χ2n) is 6.23. The summed E-state index contributed by atoms with van der Waals surface area (Å²) in [5.74, 6) is 0. The van der Waals surface area contributed by atoms with Crippen LogP contribution >= 0.6 is 11.3 Å². The molecule has 2 rings (SSSR count). The molecule has 102 valence electrons. The quantitative estimate of drug-likeness (QED) is 0.911. The Balaban J connectivity index is 2.22. The lowest BCUT2D eigenvalue weighted by Gasteiger charge is -2.41. The van der Waals surface area contributed by atoms with Gasteiger partial charge in [-0.05, 0) is 38.0 Å². The Morgan fingerprint density at radius 2 is 1.94 bits per heavy atom. The SMILES string of the molecule is COC1(c2nc(C(C)N)cs2)CCC(C)(C)CC1. The van der Waals surface area contributed by atoms with Gasteiger partial charge in [-0.25, -0.2) is 4.98 Å². The molecule has 1 aromatic rings. The first-order chi connectivity index (χ1) is 8.38. The van der Waals surface area contributed by atoms with Gasteiger partial charge in [-0.15, -0.1) is 11.3 Å². The van der Waals surface area contributed by atoms with Crippen LogP contribution in [0.3, 0.4) is 0 Å². The summed E-state index contributed by atoms with van der Waals surface area (Å²) >= 11 is 1.69. The highest BCUT2D eigenvalue weighted by Gasteiger charge is 2.41. The maximum absolute atomic E-state index is 5.89. The van der Waals surface area contributed by atoms with Crippen molar-refractivity contribution in [3.05, 3.63) is 16.1 Å². The third kappa shape index (κ3) is 2.60. The second-order valence-corrected chi connectivity index (χ2v) is 7.09. The fraction of sp³-hybridized carbons (Fsp3) is 0.786. The fourth-order valence-electron chi connectivity index (χ4n) is 2.54. The predicted octanol–water partition coefficient (Wildman–Crippen LogP) is 3.60. The van der Waals surface area contributed by atoms with E-state index in [4.69, 9.17) is 15.5 Å². The van der Waals surface area contributed by atoms with E-state index in [1.807, 2.05) is 14.0 Å². The van der Waals surface area contributed by atoms with Gasteiger partial charge < -0.3 is 10.5 Å². The molecule has 1 unspecified atom stereocenters. The van der Waals surface area contributed by atoms with Crippen molar-refractivity contribution in [3.63, 3.8) is 0 Å². The number of hydrogen-bond donors (Lipinski definition) is 1. The Kier molecular flexibility index (Phi) is 3.81. The summed E-state index contributed by atoms with van der Waals surface area (Å²) in [6.07, 6.45) is 4.49. The number of rotatable bonds is 3. The average Bonchev–Trinajstić information content (AvgIpc) is 2.80. The van der Waals surface area contributed by atoms with Gasteiger partial charge in [-0.3, -0.25) is 0 Å². The molecule has 0 saturated heterocycles. The molecule has 1 aliphatic carbocycles. The number of aromatic nitrogens is 1. The van der Waals surface area contributed by atoms with E-state index in [0.29, 0.717) is 5.41 Å².